The molecule has 1 heterocycles. The molecule has 24 heavy (non-hydrogen) atoms. The number of esters is 1. The molecular weight excluding hydrogens is 353 g/mol. The standard InChI is InChI=1S/C15H14FN3O3S2/c1-2-22-13(21)9-23-15-19-18-14(24-15)17-12(20)8-5-10-3-6-11(16)7-4-10/h3-8H,2,9H2,1H3,(H,17,18,20)/b8-5+. The molecule has 6 nitrogen and oxygen atoms in total. The van der Waals surface area contributed by atoms with Crippen molar-refractivity contribution in [3.05, 3.63) is 41.7 Å². The fourth-order valence-electron chi connectivity index (χ4n) is 1.53. The van der Waals surface area contributed by atoms with Crippen LogP contribution in [-0.2, 0) is 14.3 Å². The molecule has 2 aromatic rings. The molecule has 0 aliphatic carbocycles. The molecule has 1 aromatic heterocycles. The average molecular weight is 367 g/mol. The number of nitrogens with zero attached hydrogens (tertiary/aromatic N) is 2. The molecule has 0 fully saturated rings. The first-order valence-electron chi connectivity index (χ1n) is 6.93. The smallest absolute Gasteiger partial charge is 0.316 e. The average Bonchev–Trinajstić information content (AvgIpc) is 3.00. The van der Waals surface area contributed by atoms with Gasteiger partial charge in [-0.15, -0.1) is 10.2 Å². The maximum absolute atomic E-state index is 12.8. The lowest BCUT2D eigenvalue weighted by molar-refractivity contribution is -0.139. The minimum absolute atomic E-state index is 0.140. The highest BCUT2D eigenvalue weighted by atomic mass is 32.2. The number of carbonyl (C=O) groups is 2. The number of thioether (sulfide) groups is 1. The van der Waals surface area contributed by atoms with Gasteiger partial charge in [0.05, 0.1) is 12.4 Å². The van der Waals surface area contributed by atoms with Gasteiger partial charge in [0, 0.05) is 6.08 Å². The molecule has 0 spiro atoms. The zero-order chi connectivity index (χ0) is 17.4. The van der Waals surface area contributed by atoms with E-state index in [1.165, 1.54) is 30.0 Å². The summed E-state index contributed by atoms with van der Waals surface area (Å²) in [5.41, 5.74) is 0.703. The molecule has 2 rings (SSSR count). The van der Waals surface area contributed by atoms with Crippen molar-refractivity contribution < 1.29 is 18.7 Å². The van der Waals surface area contributed by atoms with Crippen molar-refractivity contribution in [2.75, 3.05) is 17.7 Å². The van der Waals surface area contributed by atoms with Gasteiger partial charge in [-0.25, -0.2) is 4.39 Å². The minimum atomic E-state index is -0.377. The Morgan fingerprint density at radius 2 is 2.08 bits per heavy atom. The van der Waals surface area contributed by atoms with Crippen LogP contribution < -0.4 is 5.32 Å². The molecule has 0 aliphatic rings. The van der Waals surface area contributed by atoms with Crippen molar-refractivity contribution in [3.8, 4) is 0 Å². The molecule has 126 valence electrons. The third kappa shape index (κ3) is 6.09. The van der Waals surface area contributed by atoms with Crippen LogP contribution in [0.25, 0.3) is 6.08 Å². The zero-order valence-corrected chi connectivity index (χ0v) is 14.3. The Balaban J connectivity index is 1.83. The molecule has 0 bridgehead atoms. The molecule has 0 unspecified atom stereocenters. The van der Waals surface area contributed by atoms with E-state index in [2.05, 4.69) is 15.5 Å². The third-order valence-corrected chi connectivity index (χ3v) is 4.50. The van der Waals surface area contributed by atoms with E-state index in [0.29, 0.717) is 21.6 Å². The number of carbonyl (C=O) groups excluding carboxylic acids is 2. The number of rotatable bonds is 7. The summed E-state index contributed by atoms with van der Waals surface area (Å²) >= 11 is 2.36. The van der Waals surface area contributed by atoms with Crippen molar-refractivity contribution in [2.45, 2.75) is 11.3 Å². The van der Waals surface area contributed by atoms with Gasteiger partial charge in [-0.2, -0.15) is 0 Å². The lowest BCUT2D eigenvalue weighted by Gasteiger charge is -1.98. The maximum atomic E-state index is 12.8. The van der Waals surface area contributed by atoms with E-state index in [0.717, 1.165) is 11.3 Å². The SMILES string of the molecule is CCOC(=O)CSc1nnc(NC(=O)/C=C/c2ccc(F)cc2)s1. The van der Waals surface area contributed by atoms with Gasteiger partial charge < -0.3 is 4.74 Å². The van der Waals surface area contributed by atoms with Gasteiger partial charge in [-0.1, -0.05) is 35.2 Å². The van der Waals surface area contributed by atoms with Crippen LogP contribution in [0.2, 0.25) is 0 Å². The topological polar surface area (TPSA) is 81.2 Å². The first kappa shape index (κ1) is 18.1. The number of hydrogen-bond acceptors (Lipinski definition) is 7. The molecule has 9 heteroatoms. The minimum Gasteiger partial charge on any atom is -0.465 e. The second kappa shape index (κ2) is 9.14. The summed E-state index contributed by atoms with van der Waals surface area (Å²) in [5.74, 6) is -0.901. The number of benzene rings is 1. The normalized spacial score (nSPS) is 10.8. The van der Waals surface area contributed by atoms with E-state index in [1.807, 2.05) is 0 Å². The van der Waals surface area contributed by atoms with Gasteiger partial charge in [0.25, 0.3) is 0 Å². The van der Waals surface area contributed by atoms with Gasteiger partial charge in [0.15, 0.2) is 4.34 Å². The number of halogens is 1. The molecule has 0 saturated carbocycles. The van der Waals surface area contributed by atoms with Crippen LogP contribution in [0.1, 0.15) is 12.5 Å². The summed E-state index contributed by atoms with van der Waals surface area (Å²) in [6.45, 7) is 2.07. The first-order chi connectivity index (χ1) is 11.6. The van der Waals surface area contributed by atoms with Crippen LogP contribution in [0.15, 0.2) is 34.7 Å². The Morgan fingerprint density at radius 3 is 2.79 bits per heavy atom. The van der Waals surface area contributed by atoms with Crippen molar-refractivity contribution >= 4 is 46.2 Å². The monoisotopic (exact) mass is 367 g/mol. The summed E-state index contributed by atoms with van der Waals surface area (Å²) in [7, 11) is 0. The van der Waals surface area contributed by atoms with Gasteiger partial charge in [0.1, 0.15) is 5.82 Å². The van der Waals surface area contributed by atoms with Crippen LogP contribution in [-0.4, -0.2) is 34.4 Å². The summed E-state index contributed by atoms with van der Waals surface area (Å²) in [4.78, 5) is 23.1. The number of anilines is 1. The highest BCUT2D eigenvalue weighted by molar-refractivity contribution is 8.01. The van der Waals surface area contributed by atoms with Crippen LogP contribution in [0.4, 0.5) is 9.52 Å². The van der Waals surface area contributed by atoms with E-state index in [9.17, 15) is 14.0 Å². The lowest BCUT2D eigenvalue weighted by Crippen LogP contribution is -2.07. The summed E-state index contributed by atoms with van der Waals surface area (Å²) < 4.78 is 18.1. The molecule has 1 aromatic carbocycles. The van der Waals surface area contributed by atoms with Crippen LogP contribution in [0.3, 0.4) is 0 Å². The molecule has 1 amide bonds. The second-order valence-corrected chi connectivity index (χ2v) is 6.54. The van der Waals surface area contributed by atoms with Crippen molar-refractivity contribution in [2.24, 2.45) is 0 Å². The lowest BCUT2D eigenvalue weighted by atomic mass is 10.2. The number of hydrogen-bond donors (Lipinski definition) is 1. The fourth-order valence-corrected chi connectivity index (χ4v) is 3.09. The predicted molar refractivity (Wildman–Crippen MR) is 91.3 cm³/mol. The largest absolute Gasteiger partial charge is 0.465 e. The van der Waals surface area contributed by atoms with Gasteiger partial charge in [-0.05, 0) is 30.7 Å². The highest BCUT2D eigenvalue weighted by Gasteiger charge is 2.09. The summed E-state index contributed by atoms with van der Waals surface area (Å²) in [6, 6.07) is 5.76. The van der Waals surface area contributed by atoms with E-state index >= 15 is 0 Å². The highest BCUT2D eigenvalue weighted by Crippen LogP contribution is 2.25. The number of amides is 1. The molecule has 0 atom stereocenters. The predicted octanol–water partition coefficient (Wildman–Crippen LogP) is 2.98. The van der Waals surface area contributed by atoms with Crippen LogP contribution >= 0.6 is 23.1 Å². The molecule has 1 N–H and O–H groups in total. The number of ether oxygens (including phenoxy) is 1. The molecular formula is C15H14FN3O3S2. The van der Waals surface area contributed by atoms with Gasteiger partial charge in [0.2, 0.25) is 11.0 Å². The van der Waals surface area contributed by atoms with E-state index in [-0.39, 0.29) is 23.4 Å². The Hall–Kier alpha value is -2.26. The van der Waals surface area contributed by atoms with Gasteiger partial charge >= 0.3 is 5.97 Å². The third-order valence-electron chi connectivity index (χ3n) is 2.55. The summed E-state index contributed by atoms with van der Waals surface area (Å²) in [5, 5.41) is 10.6. The Bertz CT molecular complexity index is 732. The van der Waals surface area contributed by atoms with Crippen LogP contribution in [0, 0.1) is 5.82 Å². The Labute approximate surface area is 146 Å². The van der Waals surface area contributed by atoms with Crippen LogP contribution in [0.5, 0.6) is 0 Å². The van der Waals surface area contributed by atoms with Crippen molar-refractivity contribution in [1.29, 1.82) is 0 Å². The molecule has 0 aliphatic heterocycles. The van der Waals surface area contributed by atoms with E-state index in [4.69, 9.17) is 4.74 Å². The maximum Gasteiger partial charge on any atom is 0.316 e. The number of nitrogens with one attached hydrogen (secondary N) is 1. The fraction of sp³-hybridized carbons (Fsp3) is 0.200. The zero-order valence-electron chi connectivity index (χ0n) is 12.7. The Morgan fingerprint density at radius 1 is 1.33 bits per heavy atom. The second-order valence-electron chi connectivity index (χ2n) is 4.34. The first-order valence-corrected chi connectivity index (χ1v) is 8.73. The number of aromatic nitrogens is 2. The Kier molecular flexibility index (Phi) is 6.89. The van der Waals surface area contributed by atoms with Crippen molar-refractivity contribution in [3.63, 3.8) is 0 Å². The van der Waals surface area contributed by atoms with E-state index in [1.54, 1.807) is 25.1 Å². The van der Waals surface area contributed by atoms with Gasteiger partial charge in [-0.3, -0.25) is 14.9 Å². The summed E-state index contributed by atoms with van der Waals surface area (Å²) in [6.07, 6.45) is 2.88. The van der Waals surface area contributed by atoms with E-state index < -0.39 is 0 Å². The quantitative estimate of drug-likeness (QED) is 0.351. The van der Waals surface area contributed by atoms with Crippen molar-refractivity contribution in [1.82, 2.24) is 10.2 Å². The molecule has 0 saturated heterocycles. The molecule has 0 radical (unpaired) electrons.